The molecule has 0 saturated carbocycles. The average molecular weight is 318 g/mol. The van der Waals surface area contributed by atoms with Crippen LogP contribution in [0.2, 0.25) is 0 Å². The summed E-state index contributed by atoms with van der Waals surface area (Å²) in [5.74, 6) is 0.486. The zero-order valence-electron chi connectivity index (χ0n) is 10.1. The van der Waals surface area contributed by atoms with Crippen molar-refractivity contribution in [2.45, 2.75) is 12.8 Å². The number of amides is 1. The second-order valence-corrected chi connectivity index (χ2v) is 5.40. The molecule has 0 atom stereocenters. The molecule has 5 heteroatoms. The van der Waals surface area contributed by atoms with Crippen molar-refractivity contribution in [3.8, 4) is 0 Å². The summed E-state index contributed by atoms with van der Waals surface area (Å²) in [6.07, 6.45) is 4.71. The van der Waals surface area contributed by atoms with Gasteiger partial charge in [0, 0.05) is 5.92 Å². The molecule has 1 heterocycles. The first-order valence-electron chi connectivity index (χ1n) is 6.07. The van der Waals surface area contributed by atoms with Crippen molar-refractivity contribution in [2.24, 2.45) is 5.92 Å². The number of carbonyl (C=O) groups is 1. The summed E-state index contributed by atoms with van der Waals surface area (Å²) in [5, 5.41) is 2.81. The van der Waals surface area contributed by atoms with Crippen LogP contribution in [0, 0.1) is 5.92 Å². The molecule has 0 aliphatic heterocycles. The fraction of sp³-hybridized carbons (Fsp3) is 0.214. The lowest BCUT2D eigenvalue weighted by molar-refractivity contribution is -0.119. The molecule has 4 nitrogen and oxygen atoms in total. The smallest absolute Gasteiger partial charge is 0.229 e. The molecule has 0 unspecified atom stereocenters. The molecule has 96 valence electrons. The van der Waals surface area contributed by atoms with Crippen LogP contribution in [0.15, 0.2) is 41.3 Å². The van der Waals surface area contributed by atoms with E-state index in [2.05, 4.69) is 43.3 Å². The molecular weight excluding hydrogens is 306 g/mol. The maximum absolute atomic E-state index is 12.2. The Morgan fingerprint density at radius 2 is 1.84 bits per heavy atom. The lowest BCUT2D eigenvalue weighted by atomic mass is 10.1. The number of nitrogens with zero attached hydrogens (tertiary/aromatic N) is 2. The first-order chi connectivity index (χ1) is 9.22. The topological polar surface area (TPSA) is 54.9 Å². The van der Waals surface area contributed by atoms with Crippen LogP contribution >= 0.6 is 15.9 Å². The molecule has 2 aromatic rings. The zero-order chi connectivity index (χ0) is 13.2. The van der Waals surface area contributed by atoms with Gasteiger partial charge in [-0.15, -0.1) is 0 Å². The number of fused-ring (bicyclic) bond motifs is 1. The summed E-state index contributed by atoms with van der Waals surface area (Å²) < 4.78 is 0.652. The number of hydrogen-bond acceptors (Lipinski definition) is 3. The van der Waals surface area contributed by atoms with Crippen LogP contribution in [-0.2, 0) is 17.6 Å². The van der Waals surface area contributed by atoms with Crippen molar-refractivity contribution in [1.82, 2.24) is 9.97 Å². The Kier molecular flexibility index (Phi) is 3.29. The Bertz CT molecular complexity index is 587. The molecule has 1 N–H and O–H groups in total. The van der Waals surface area contributed by atoms with Gasteiger partial charge >= 0.3 is 0 Å². The summed E-state index contributed by atoms with van der Waals surface area (Å²) >= 11 is 3.21. The van der Waals surface area contributed by atoms with Crippen molar-refractivity contribution in [3.63, 3.8) is 0 Å². The number of aromatic nitrogens is 2. The van der Waals surface area contributed by atoms with E-state index in [4.69, 9.17) is 0 Å². The molecule has 0 spiro atoms. The van der Waals surface area contributed by atoms with Crippen molar-refractivity contribution in [1.29, 1.82) is 0 Å². The molecule has 0 radical (unpaired) electrons. The molecule has 0 bridgehead atoms. The Hall–Kier alpha value is -1.75. The minimum absolute atomic E-state index is 0.00724. The molecule has 0 saturated heterocycles. The molecule has 1 aliphatic carbocycles. The summed E-state index contributed by atoms with van der Waals surface area (Å²) in [6, 6.07) is 8.20. The summed E-state index contributed by atoms with van der Waals surface area (Å²) in [5.41, 5.74) is 2.54. The first kappa shape index (κ1) is 12.3. The predicted molar refractivity (Wildman–Crippen MR) is 75.7 cm³/mol. The number of rotatable bonds is 2. The van der Waals surface area contributed by atoms with E-state index in [1.165, 1.54) is 11.1 Å². The highest BCUT2D eigenvalue weighted by atomic mass is 79.9. The van der Waals surface area contributed by atoms with Gasteiger partial charge in [0.1, 0.15) is 4.60 Å². The van der Waals surface area contributed by atoms with E-state index in [0.717, 1.165) is 12.8 Å². The van der Waals surface area contributed by atoms with Crippen molar-refractivity contribution in [3.05, 3.63) is 52.4 Å². The number of hydrogen-bond donors (Lipinski definition) is 1. The van der Waals surface area contributed by atoms with Crippen LogP contribution in [0.1, 0.15) is 11.1 Å². The fourth-order valence-electron chi connectivity index (χ4n) is 2.35. The van der Waals surface area contributed by atoms with Gasteiger partial charge in [-0.3, -0.25) is 4.79 Å². The van der Waals surface area contributed by atoms with Crippen LogP contribution < -0.4 is 5.32 Å². The monoisotopic (exact) mass is 317 g/mol. The molecule has 3 rings (SSSR count). The number of nitrogens with one attached hydrogen (secondary N) is 1. The van der Waals surface area contributed by atoms with Crippen LogP contribution in [-0.4, -0.2) is 15.9 Å². The second kappa shape index (κ2) is 5.09. The van der Waals surface area contributed by atoms with Gasteiger partial charge in [-0.05, 0) is 39.9 Å². The fourth-order valence-corrected chi connectivity index (χ4v) is 2.55. The van der Waals surface area contributed by atoms with Crippen LogP contribution in [0.4, 0.5) is 5.82 Å². The van der Waals surface area contributed by atoms with Crippen molar-refractivity contribution >= 4 is 27.7 Å². The Morgan fingerprint density at radius 1 is 1.16 bits per heavy atom. The zero-order valence-corrected chi connectivity index (χ0v) is 11.7. The van der Waals surface area contributed by atoms with E-state index in [0.29, 0.717) is 10.4 Å². The highest BCUT2D eigenvalue weighted by Gasteiger charge is 2.27. The van der Waals surface area contributed by atoms with E-state index in [1.54, 1.807) is 12.4 Å². The second-order valence-electron chi connectivity index (χ2n) is 4.59. The Morgan fingerprint density at radius 3 is 2.42 bits per heavy atom. The van der Waals surface area contributed by atoms with Crippen LogP contribution in [0.3, 0.4) is 0 Å². The lowest BCUT2D eigenvalue weighted by Gasteiger charge is -2.09. The first-order valence-corrected chi connectivity index (χ1v) is 6.87. The van der Waals surface area contributed by atoms with Gasteiger partial charge in [0.05, 0.1) is 12.4 Å². The number of benzene rings is 1. The van der Waals surface area contributed by atoms with E-state index in [-0.39, 0.29) is 11.8 Å². The van der Waals surface area contributed by atoms with Crippen LogP contribution in [0.5, 0.6) is 0 Å². The molecule has 1 aromatic carbocycles. The molecule has 1 amide bonds. The van der Waals surface area contributed by atoms with E-state index >= 15 is 0 Å². The van der Waals surface area contributed by atoms with Gasteiger partial charge in [-0.1, -0.05) is 24.3 Å². The van der Waals surface area contributed by atoms with Gasteiger partial charge in [0.15, 0.2) is 5.82 Å². The van der Waals surface area contributed by atoms with Gasteiger partial charge in [0.25, 0.3) is 0 Å². The minimum atomic E-state index is -0.0113. The number of anilines is 1. The number of carbonyl (C=O) groups excluding carboxylic acids is 1. The third-order valence-electron chi connectivity index (χ3n) is 3.29. The minimum Gasteiger partial charge on any atom is -0.309 e. The SMILES string of the molecule is O=C(Nc1cnc(Br)cn1)C1Cc2ccccc2C1. The molecular formula is C14H12BrN3O. The summed E-state index contributed by atoms with van der Waals surface area (Å²) in [6.45, 7) is 0. The molecule has 1 aromatic heterocycles. The van der Waals surface area contributed by atoms with Gasteiger partial charge < -0.3 is 5.32 Å². The molecule has 0 fully saturated rings. The van der Waals surface area contributed by atoms with Gasteiger partial charge in [0.2, 0.25) is 5.91 Å². The third-order valence-corrected chi connectivity index (χ3v) is 3.70. The largest absolute Gasteiger partial charge is 0.309 e. The Labute approximate surface area is 119 Å². The highest BCUT2D eigenvalue weighted by Crippen LogP contribution is 2.27. The summed E-state index contributed by atoms with van der Waals surface area (Å²) in [4.78, 5) is 20.3. The van der Waals surface area contributed by atoms with Crippen molar-refractivity contribution in [2.75, 3.05) is 5.32 Å². The average Bonchev–Trinajstić information content (AvgIpc) is 2.85. The number of halogens is 1. The molecule has 19 heavy (non-hydrogen) atoms. The molecule has 1 aliphatic rings. The van der Waals surface area contributed by atoms with E-state index < -0.39 is 0 Å². The predicted octanol–water partition coefficient (Wildman–Crippen LogP) is 2.59. The van der Waals surface area contributed by atoms with Gasteiger partial charge in [-0.25, -0.2) is 9.97 Å². The lowest BCUT2D eigenvalue weighted by Crippen LogP contribution is -2.23. The maximum Gasteiger partial charge on any atom is 0.229 e. The normalized spacial score (nSPS) is 14.2. The third kappa shape index (κ3) is 2.66. The quantitative estimate of drug-likeness (QED) is 0.926. The summed E-state index contributed by atoms with van der Waals surface area (Å²) in [7, 11) is 0. The van der Waals surface area contributed by atoms with Crippen LogP contribution in [0.25, 0.3) is 0 Å². The highest BCUT2D eigenvalue weighted by molar-refractivity contribution is 9.10. The van der Waals surface area contributed by atoms with E-state index in [9.17, 15) is 4.79 Å². The maximum atomic E-state index is 12.2. The Balaban J connectivity index is 1.68. The van der Waals surface area contributed by atoms with Gasteiger partial charge in [-0.2, -0.15) is 0 Å². The standard InChI is InChI=1S/C14H12BrN3O/c15-12-7-17-13(8-16-12)18-14(19)11-5-9-3-1-2-4-10(9)6-11/h1-4,7-8,11H,5-6H2,(H,17,18,19). The van der Waals surface area contributed by atoms with E-state index in [1.807, 2.05) is 12.1 Å². The van der Waals surface area contributed by atoms with Crippen molar-refractivity contribution < 1.29 is 4.79 Å².